The predicted octanol–water partition coefficient (Wildman–Crippen LogP) is 0.377. The van der Waals surface area contributed by atoms with Gasteiger partial charge in [0.25, 0.3) is 5.91 Å². The number of thioether (sulfide) groups is 1. The molecule has 0 aromatic rings. The van der Waals surface area contributed by atoms with E-state index in [0.29, 0.717) is 0 Å². The third-order valence-electron chi connectivity index (χ3n) is 0.609. The van der Waals surface area contributed by atoms with Gasteiger partial charge in [0.15, 0.2) is 5.04 Å². The van der Waals surface area contributed by atoms with Gasteiger partial charge in [-0.15, -0.1) is 0 Å². The summed E-state index contributed by atoms with van der Waals surface area (Å²) < 4.78 is 0. The second-order valence-electron chi connectivity index (χ2n) is 1.18. The Morgan fingerprint density at radius 2 is 2.44 bits per heavy atom. The number of amides is 1. The maximum absolute atomic E-state index is 10.3. The lowest BCUT2D eigenvalue weighted by Gasteiger charge is -1.91. The first kappa shape index (κ1) is 8.23. The van der Waals surface area contributed by atoms with Gasteiger partial charge in [0, 0.05) is 7.05 Å². The second kappa shape index (κ2) is 4.14. The van der Waals surface area contributed by atoms with Crippen LogP contribution in [0.25, 0.3) is 0 Å². The summed E-state index contributed by atoms with van der Waals surface area (Å²) in [6.45, 7) is 3.41. The van der Waals surface area contributed by atoms with Crippen LogP contribution >= 0.6 is 11.8 Å². The van der Waals surface area contributed by atoms with Gasteiger partial charge in [-0.2, -0.15) is 0 Å². The largest absolute Gasteiger partial charge is 0.364 e. The molecule has 2 N–H and O–H groups in total. The maximum Gasteiger partial charge on any atom is 0.273 e. The number of nitrogens with zero attached hydrogens (tertiary/aromatic N) is 1. The summed E-state index contributed by atoms with van der Waals surface area (Å²) in [6.07, 6.45) is 0. The number of carbonyl (C=O) groups excluding carboxylic acids is 1. The molecule has 50 valence electrons. The number of rotatable bonds is 1. The van der Waals surface area contributed by atoms with Crippen LogP contribution in [0.5, 0.6) is 0 Å². The van der Waals surface area contributed by atoms with Crippen LogP contribution in [0.3, 0.4) is 0 Å². The summed E-state index contributed by atoms with van der Waals surface area (Å²) in [4.78, 5) is 14.0. The molecule has 0 fully saturated rings. The third kappa shape index (κ3) is 2.92. The summed E-state index contributed by atoms with van der Waals surface area (Å²) in [5.74, 6) is -0.512. The van der Waals surface area contributed by atoms with E-state index < -0.39 is 5.91 Å². The fourth-order valence-electron chi connectivity index (χ4n) is 0.300. The third-order valence-corrected chi connectivity index (χ3v) is 1.38. The summed E-state index contributed by atoms with van der Waals surface area (Å²) >= 11 is 1.12. The molecule has 0 atom stereocenters. The molecule has 4 heteroatoms. The Morgan fingerprint density at radius 3 is 2.56 bits per heavy atom. The molecule has 0 bridgehead atoms. The molecule has 0 unspecified atom stereocenters. The standard InChI is InChI=1S/C5H8N2OS/c1-3-9-5(7-2)4(6)8/h3H,1H2,2H3,(H2,6,8). The summed E-state index contributed by atoms with van der Waals surface area (Å²) in [6, 6.07) is 0. The van der Waals surface area contributed by atoms with Crippen LogP contribution in [0, 0.1) is 0 Å². The van der Waals surface area contributed by atoms with Crippen molar-refractivity contribution in [3.05, 3.63) is 12.0 Å². The Kier molecular flexibility index (Phi) is 3.79. The Bertz CT molecular complexity index is 153. The average molecular weight is 144 g/mol. The zero-order chi connectivity index (χ0) is 7.28. The minimum Gasteiger partial charge on any atom is -0.364 e. The van der Waals surface area contributed by atoms with Crippen molar-refractivity contribution >= 4 is 22.7 Å². The molecule has 0 radical (unpaired) electrons. The maximum atomic E-state index is 10.3. The molecule has 1 amide bonds. The predicted molar refractivity (Wildman–Crippen MR) is 40.3 cm³/mol. The molecule has 0 rings (SSSR count). The zero-order valence-electron chi connectivity index (χ0n) is 5.13. The van der Waals surface area contributed by atoms with Gasteiger partial charge in [-0.3, -0.25) is 9.79 Å². The van der Waals surface area contributed by atoms with E-state index in [1.807, 2.05) is 0 Å². The lowest BCUT2D eigenvalue weighted by molar-refractivity contribution is -0.111. The van der Waals surface area contributed by atoms with Crippen molar-refractivity contribution in [1.29, 1.82) is 0 Å². The first-order chi connectivity index (χ1) is 4.22. The van der Waals surface area contributed by atoms with E-state index in [0.717, 1.165) is 11.8 Å². The van der Waals surface area contributed by atoms with Gasteiger partial charge < -0.3 is 5.73 Å². The highest BCUT2D eigenvalue weighted by molar-refractivity contribution is 8.18. The van der Waals surface area contributed by atoms with E-state index in [1.165, 1.54) is 12.5 Å². The number of hydrogen-bond donors (Lipinski definition) is 1. The van der Waals surface area contributed by atoms with Gasteiger partial charge in [0.2, 0.25) is 0 Å². The average Bonchev–Trinajstić information content (AvgIpc) is 1.82. The Hall–Kier alpha value is -0.770. The molecule has 0 aliphatic heterocycles. The van der Waals surface area contributed by atoms with Crippen molar-refractivity contribution < 1.29 is 4.79 Å². The van der Waals surface area contributed by atoms with Crippen molar-refractivity contribution in [2.75, 3.05) is 7.05 Å². The normalized spacial score (nSPS) is 11.0. The molecule has 3 nitrogen and oxygen atoms in total. The van der Waals surface area contributed by atoms with E-state index in [4.69, 9.17) is 5.73 Å². The molecule has 0 aromatic heterocycles. The van der Waals surface area contributed by atoms with E-state index in [9.17, 15) is 4.79 Å². The van der Waals surface area contributed by atoms with E-state index in [-0.39, 0.29) is 5.04 Å². The first-order valence-electron chi connectivity index (χ1n) is 2.26. The fraction of sp³-hybridized carbons (Fsp3) is 0.200. The van der Waals surface area contributed by atoms with Crippen LogP contribution in [-0.2, 0) is 4.79 Å². The highest BCUT2D eigenvalue weighted by atomic mass is 32.2. The SMILES string of the molecule is C=CSC(=NC)C(N)=O. The minimum absolute atomic E-state index is 0.282. The molecular formula is C5H8N2OS. The molecule has 0 aromatic carbocycles. The van der Waals surface area contributed by atoms with E-state index >= 15 is 0 Å². The van der Waals surface area contributed by atoms with Gasteiger partial charge in [-0.25, -0.2) is 0 Å². The molecular weight excluding hydrogens is 136 g/mol. The van der Waals surface area contributed by atoms with Crippen LogP contribution in [0.15, 0.2) is 17.0 Å². The topological polar surface area (TPSA) is 55.4 Å². The van der Waals surface area contributed by atoms with Gasteiger partial charge in [0.05, 0.1) is 0 Å². The van der Waals surface area contributed by atoms with Crippen LogP contribution < -0.4 is 5.73 Å². The van der Waals surface area contributed by atoms with Crippen LogP contribution in [0.4, 0.5) is 0 Å². The summed E-state index contributed by atoms with van der Waals surface area (Å²) in [5.41, 5.74) is 4.89. The highest BCUT2D eigenvalue weighted by Gasteiger charge is 2.01. The minimum atomic E-state index is -0.512. The Morgan fingerprint density at radius 1 is 1.89 bits per heavy atom. The summed E-state index contributed by atoms with van der Waals surface area (Å²) in [5, 5.41) is 1.79. The first-order valence-corrected chi connectivity index (χ1v) is 3.14. The highest BCUT2D eigenvalue weighted by Crippen LogP contribution is 2.02. The van der Waals surface area contributed by atoms with Crippen molar-refractivity contribution in [2.45, 2.75) is 0 Å². The second-order valence-corrected chi connectivity index (χ2v) is 2.13. The number of aliphatic imine (C=N–C) groups is 1. The van der Waals surface area contributed by atoms with E-state index in [2.05, 4.69) is 11.6 Å². The lowest BCUT2D eigenvalue weighted by Crippen LogP contribution is -2.19. The number of carbonyl (C=O) groups is 1. The number of hydrogen-bond acceptors (Lipinski definition) is 3. The molecule has 0 aliphatic carbocycles. The number of nitrogens with two attached hydrogens (primary N) is 1. The van der Waals surface area contributed by atoms with Gasteiger partial charge in [-0.05, 0) is 5.41 Å². The quantitative estimate of drug-likeness (QED) is 0.427. The van der Waals surface area contributed by atoms with Gasteiger partial charge in [0.1, 0.15) is 0 Å². The summed E-state index contributed by atoms with van der Waals surface area (Å²) in [7, 11) is 1.51. The van der Waals surface area contributed by atoms with Gasteiger partial charge in [-0.1, -0.05) is 18.3 Å². The fourth-order valence-corrected chi connectivity index (χ4v) is 0.679. The molecule has 0 saturated carbocycles. The molecule has 9 heavy (non-hydrogen) atoms. The molecule has 0 heterocycles. The molecule has 0 aliphatic rings. The smallest absolute Gasteiger partial charge is 0.273 e. The van der Waals surface area contributed by atoms with Crippen molar-refractivity contribution in [2.24, 2.45) is 10.7 Å². The molecule has 0 saturated heterocycles. The van der Waals surface area contributed by atoms with Crippen LogP contribution in [-0.4, -0.2) is 18.0 Å². The Balaban J connectivity index is 4.00. The number of primary amides is 1. The van der Waals surface area contributed by atoms with E-state index in [1.54, 1.807) is 0 Å². The molecule has 0 spiro atoms. The van der Waals surface area contributed by atoms with Crippen LogP contribution in [0.1, 0.15) is 0 Å². The Labute approximate surface area is 58.0 Å². The zero-order valence-corrected chi connectivity index (χ0v) is 5.94. The van der Waals surface area contributed by atoms with Crippen molar-refractivity contribution in [3.8, 4) is 0 Å². The van der Waals surface area contributed by atoms with Gasteiger partial charge >= 0.3 is 0 Å². The van der Waals surface area contributed by atoms with Crippen molar-refractivity contribution in [3.63, 3.8) is 0 Å². The van der Waals surface area contributed by atoms with Crippen molar-refractivity contribution in [1.82, 2.24) is 0 Å². The monoisotopic (exact) mass is 144 g/mol. The van der Waals surface area contributed by atoms with Crippen LogP contribution in [0.2, 0.25) is 0 Å². The lowest BCUT2D eigenvalue weighted by atomic mass is 10.7.